The van der Waals surface area contributed by atoms with Gasteiger partial charge in [0.2, 0.25) is 9.84 Å². The lowest BCUT2D eigenvalue weighted by molar-refractivity contribution is -0.138. The first-order valence-corrected chi connectivity index (χ1v) is 11.1. The van der Waals surface area contributed by atoms with Gasteiger partial charge < -0.3 is 10.5 Å². The summed E-state index contributed by atoms with van der Waals surface area (Å²) in [4.78, 5) is 24.1. The number of hydrogen-bond donors (Lipinski definition) is 2. The Morgan fingerprint density at radius 2 is 1.69 bits per heavy atom. The third-order valence-electron chi connectivity index (χ3n) is 4.63. The number of carbonyl (C=O) groups is 1. The summed E-state index contributed by atoms with van der Waals surface area (Å²) in [7, 11) is -3.63. The standard InChI is InChI=1S/C22H19N5O4S/c28-22(29)14-27(13-18-10-16-11-23-15-25-21(16)12-24-18)26-17-6-8-20(9-7-17)32(30,31)19-4-2-1-3-5-19/h1-12,15,26H,13-14H2,(H,28,29). The average Bonchev–Trinajstić information content (AvgIpc) is 2.79. The van der Waals surface area contributed by atoms with E-state index in [1.807, 2.05) is 0 Å². The number of rotatable bonds is 8. The number of carboxylic acid groups (broad SMARTS) is 1. The molecular formula is C22H19N5O4S. The Hall–Kier alpha value is -3.89. The third-order valence-corrected chi connectivity index (χ3v) is 6.42. The zero-order valence-electron chi connectivity index (χ0n) is 16.8. The molecule has 4 rings (SSSR count). The molecule has 0 saturated carbocycles. The lowest BCUT2D eigenvalue weighted by atomic mass is 10.2. The van der Waals surface area contributed by atoms with Crippen molar-refractivity contribution in [3.05, 3.63) is 85.1 Å². The normalized spacial score (nSPS) is 11.5. The zero-order valence-corrected chi connectivity index (χ0v) is 17.6. The molecular weight excluding hydrogens is 430 g/mol. The van der Waals surface area contributed by atoms with Crippen molar-refractivity contribution >= 4 is 32.4 Å². The van der Waals surface area contributed by atoms with Crippen LogP contribution < -0.4 is 5.43 Å². The van der Waals surface area contributed by atoms with Crippen LogP contribution in [0.3, 0.4) is 0 Å². The van der Waals surface area contributed by atoms with Crippen LogP contribution in [-0.2, 0) is 21.2 Å². The highest BCUT2D eigenvalue weighted by Gasteiger charge is 2.17. The Labute approximate surface area is 184 Å². The highest BCUT2D eigenvalue weighted by atomic mass is 32.2. The van der Waals surface area contributed by atoms with Gasteiger partial charge in [0, 0.05) is 17.3 Å². The Balaban J connectivity index is 1.53. The van der Waals surface area contributed by atoms with E-state index in [0.29, 0.717) is 16.9 Å². The van der Waals surface area contributed by atoms with Gasteiger partial charge >= 0.3 is 5.97 Å². The number of hydrazine groups is 1. The van der Waals surface area contributed by atoms with Crippen molar-refractivity contribution < 1.29 is 18.3 Å². The van der Waals surface area contributed by atoms with Crippen LogP contribution in [0, 0.1) is 0 Å². The van der Waals surface area contributed by atoms with E-state index in [1.165, 1.54) is 35.6 Å². The van der Waals surface area contributed by atoms with Crippen molar-refractivity contribution in [2.24, 2.45) is 0 Å². The number of hydrogen-bond acceptors (Lipinski definition) is 8. The molecule has 0 amide bonds. The van der Waals surface area contributed by atoms with Crippen molar-refractivity contribution in [3.8, 4) is 0 Å². The first kappa shape index (κ1) is 21.3. The van der Waals surface area contributed by atoms with Gasteiger partial charge in [-0.1, -0.05) is 18.2 Å². The van der Waals surface area contributed by atoms with Gasteiger partial charge in [-0.2, -0.15) is 0 Å². The van der Waals surface area contributed by atoms with E-state index >= 15 is 0 Å². The van der Waals surface area contributed by atoms with Crippen LogP contribution >= 0.6 is 0 Å². The lowest BCUT2D eigenvalue weighted by Crippen LogP contribution is -2.34. The van der Waals surface area contributed by atoms with Crippen molar-refractivity contribution in [2.75, 3.05) is 12.0 Å². The molecule has 0 aliphatic rings. The summed E-state index contributed by atoms with van der Waals surface area (Å²) in [5.74, 6) is -1.02. The maximum absolute atomic E-state index is 12.7. The van der Waals surface area contributed by atoms with Gasteiger partial charge in [-0.3, -0.25) is 9.78 Å². The second-order valence-electron chi connectivity index (χ2n) is 6.96. The number of pyridine rings is 1. The monoisotopic (exact) mass is 449 g/mol. The summed E-state index contributed by atoms with van der Waals surface area (Å²) in [6, 6.07) is 16.1. The maximum atomic E-state index is 12.7. The molecule has 4 aromatic rings. The molecule has 9 nitrogen and oxygen atoms in total. The number of anilines is 1. The Morgan fingerprint density at radius 1 is 0.969 bits per heavy atom. The number of benzene rings is 2. The van der Waals surface area contributed by atoms with Crippen LogP contribution in [0.4, 0.5) is 5.69 Å². The minimum Gasteiger partial charge on any atom is -0.480 e. The molecule has 2 heterocycles. The smallest absolute Gasteiger partial charge is 0.319 e. The van der Waals surface area contributed by atoms with Gasteiger partial charge in [0.05, 0.1) is 33.7 Å². The predicted molar refractivity (Wildman–Crippen MR) is 117 cm³/mol. The summed E-state index contributed by atoms with van der Waals surface area (Å²) < 4.78 is 25.5. The number of nitrogens with zero attached hydrogens (tertiary/aromatic N) is 4. The van der Waals surface area contributed by atoms with Crippen molar-refractivity contribution in [2.45, 2.75) is 16.3 Å². The van der Waals surface area contributed by atoms with Gasteiger partial charge in [0.1, 0.15) is 12.9 Å². The summed E-state index contributed by atoms with van der Waals surface area (Å²) in [5.41, 5.74) is 4.88. The minimum atomic E-state index is -3.63. The van der Waals surface area contributed by atoms with Gasteiger partial charge in [0.25, 0.3) is 0 Å². The quantitative estimate of drug-likeness (QED) is 0.391. The molecule has 0 radical (unpaired) electrons. The summed E-state index contributed by atoms with van der Waals surface area (Å²) in [5, 5.41) is 11.6. The Kier molecular flexibility index (Phi) is 6.06. The predicted octanol–water partition coefficient (Wildman–Crippen LogP) is 2.77. The highest BCUT2D eigenvalue weighted by Crippen LogP contribution is 2.22. The van der Waals surface area contributed by atoms with Gasteiger partial charge in [-0.25, -0.2) is 23.4 Å². The molecule has 0 unspecified atom stereocenters. The van der Waals surface area contributed by atoms with Crippen molar-refractivity contribution in [1.29, 1.82) is 0 Å². The zero-order chi connectivity index (χ0) is 22.6. The van der Waals surface area contributed by atoms with Crippen LogP contribution in [0.15, 0.2) is 89.2 Å². The number of sulfone groups is 1. The second-order valence-corrected chi connectivity index (χ2v) is 8.91. The highest BCUT2D eigenvalue weighted by molar-refractivity contribution is 7.91. The van der Waals surface area contributed by atoms with E-state index in [9.17, 15) is 18.3 Å². The fourth-order valence-corrected chi connectivity index (χ4v) is 4.42. The summed E-state index contributed by atoms with van der Waals surface area (Å²) >= 11 is 0. The molecule has 0 atom stereocenters. The SMILES string of the molecule is O=C(O)CN(Cc1cc2cncnc2cn1)Nc1ccc(S(=O)(=O)c2ccccc2)cc1. The number of fused-ring (bicyclic) bond motifs is 1. The van der Waals surface area contributed by atoms with Crippen LogP contribution in [-0.4, -0.2) is 46.0 Å². The third kappa shape index (κ3) is 4.88. The largest absolute Gasteiger partial charge is 0.480 e. The van der Waals surface area contributed by atoms with E-state index < -0.39 is 15.8 Å². The molecule has 0 aliphatic carbocycles. The van der Waals surface area contributed by atoms with E-state index in [0.717, 1.165) is 5.39 Å². The molecule has 0 spiro atoms. The Morgan fingerprint density at radius 3 is 2.41 bits per heavy atom. The molecule has 0 saturated heterocycles. The van der Waals surface area contributed by atoms with Gasteiger partial charge in [-0.15, -0.1) is 0 Å². The van der Waals surface area contributed by atoms with Crippen LogP contribution in [0.1, 0.15) is 5.69 Å². The fraction of sp³-hybridized carbons (Fsp3) is 0.0909. The van der Waals surface area contributed by atoms with E-state index in [1.54, 1.807) is 48.8 Å². The molecule has 2 aromatic heterocycles. The maximum Gasteiger partial charge on any atom is 0.319 e. The Bertz CT molecular complexity index is 1350. The summed E-state index contributed by atoms with van der Waals surface area (Å²) in [6.45, 7) is -0.101. The van der Waals surface area contributed by atoms with Gasteiger partial charge in [-0.05, 0) is 42.5 Å². The van der Waals surface area contributed by atoms with Crippen LogP contribution in [0.2, 0.25) is 0 Å². The number of aliphatic carboxylic acids is 1. The van der Waals surface area contributed by atoms with E-state index in [2.05, 4.69) is 20.4 Å². The van der Waals surface area contributed by atoms with Crippen molar-refractivity contribution in [3.63, 3.8) is 0 Å². The lowest BCUT2D eigenvalue weighted by Gasteiger charge is -2.22. The van der Waals surface area contributed by atoms with E-state index in [4.69, 9.17) is 0 Å². The molecule has 2 aromatic carbocycles. The fourth-order valence-electron chi connectivity index (χ4n) is 3.14. The van der Waals surface area contributed by atoms with Gasteiger partial charge in [0.15, 0.2) is 0 Å². The molecule has 32 heavy (non-hydrogen) atoms. The topological polar surface area (TPSA) is 125 Å². The molecule has 0 aliphatic heterocycles. The number of carboxylic acids is 1. The molecule has 2 N–H and O–H groups in total. The second kappa shape index (κ2) is 9.08. The first-order valence-electron chi connectivity index (χ1n) is 9.60. The number of aromatic nitrogens is 3. The average molecular weight is 449 g/mol. The van der Waals surface area contributed by atoms with Crippen LogP contribution in [0.25, 0.3) is 10.9 Å². The number of nitrogens with one attached hydrogen (secondary N) is 1. The van der Waals surface area contributed by atoms with Crippen LogP contribution in [0.5, 0.6) is 0 Å². The molecule has 162 valence electrons. The first-order chi connectivity index (χ1) is 15.4. The minimum absolute atomic E-state index is 0.148. The van der Waals surface area contributed by atoms with Crippen molar-refractivity contribution in [1.82, 2.24) is 20.0 Å². The van der Waals surface area contributed by atoms with E-state index in [-0.39, 0.29) is 22.9 Å². The molecule has 0 fully saturated rings. The molecule has 0 bridgehead atoms. The summed E-state index contributed by atoms with van der Waals surface area (Å²) in [6.07, 6.45) is 4.70. The molecule has 10 heteroatoms.